The van der Waals surface area contributed by atoms with Crippen molar-refractivity contribution >= 4 is 17.6 Å². The van der Waals surface area contributed by atoms with E-state index in [2.05, 4.69) is 0 Å². The van der Waals surface area contributed by atoms with Crippen LogP contribution in [0.25, 0.3) is 0 Å². The molecule has 1 saturated carbocycles. The molecule has 2 rings (SSSR count). The molecular weight excluding hydrogens is 216 g/mol. The van der Waals surface area contributed by atoms with Crippen molar-refractivity contribution in [2.75, 3.05) is 0 Å². The molecule has 0 saturated heterocycles. The van der Waals surface area contributed by atoms with Crippen LogP contribution in [-0.2, 0) is 11.2 Å². The summed E-state index contributed by atoms with van der Waals surface area (Å²) >= 11 is 5.75. The number of hydrogen-bond donors (Lipinski definition) is 2. The maximum Gasteiger partial charge on any atom is 0.309 e. The molecule has 1 fully saturated rings. The second-order valence-corrected chi connectivity index (χ2v) is 4.46. The van der Waals surface area contributed by atoms with Crippen LogP contribution in [0.1, 0.15) is 18.4 Å². The average Bonchev–Trinajstić information content (AvgIpc) is 2.93. The van der Waals surface area contributed by atoms with Gasteiger partial charge in [0.25, 0.3) is 0 Å². The van der Waals surface area contributed by atoms with Crippen molar-refractivity contribution < 1.29 is 15.0 Å². The van der Waals surface area contributed by atoms with Gasteiger partial charge in [0.1, 0.15) is 5.75 Å². The highest BCUT2D eigenvalue weighted by Crippen LogP contribution is 2.48. The molecule has 0 unspecified atom stereocenters. The van der Waals surface area contributed by atoms with Crippen molar-refractivity contribution in [1.29, 1.82) is 0 Å². The first-order valence-electron chi connectivity index (χ1n) is 4.74. The first-order chi connectivity index (χ1) is 7.03. The van der Waals surface area contributed by atoms with Gasteiger partial charge in [-0.1, -0.05) is 17.7 Å². The van der Waals surface area contributed by atoms with Crippen LogP contribution in [-0.4, -0.2) is 16.2 Å². The van der Waals surface area contributed by atoms with E-state index in [9.17, 15) is 9.90 Å². The minimum Gasteiger partial charge on any atom is -0.506 e. The topological polar surface area (TPSA) is 57.5 Å². The predicted octanol–water partition coefficient (Wildman–Crippen LogP) is 2.45. The Morgan fingerprint density at radius 2 is 2.13 bits per heavy atom. The van der Waals surface area contributed by atoms with E-state index in [1.165, 1.54) is 6.07 Å². The van der Waals surface area contributed by atoms with Gasteiger partial charge in [-0.15, -0.1) is 0 Å². The smallest absolute Gasteiger partial charge is 0.309 e. The molecule has 0 heterocycles. The predicted molar refractivity (Wildman–Crippen MR) is 56.1 cm³/mol. The van der Waals surface area contributed by atoms with Gasteiger partial charge in [-0.3, -0.25) is 4.79 Å². The van der Waals surface area contributed by atoms with Crippen molar-refractivity contribution in [3.8, 4) is 5.75 Å². The van der Waals surface area contributed by atoms with Crippen molar-refractivity contribution in [3.05, 3.63) is 28.8 Å². The van der Waals surface area contributed by atoms with Crippen molar-refractivity contribution in [1.82, 2.24) is 0 Å². The normalized spacial score (nSPS) is 17.4. The molecular formula is C11H11ClO3. The van der Waals surface area contributed by atoms with Crippen LogP contribution in [0.5, 0.6) is 5.75 Å². The third kappa shape index (κ3) is 1.92. The van der Waals surface area contributed by atoms with Gasteiger partial charge in [0.2, 0.25) is 0 Å². The Morgan fingerprint density at radius 3 is 2.60 bits per heavy atom. The average molecular weight is 227 g/mol. The summed E-state index contributed by atoms with van der Waals surface area (Å²) in [5, 5.41) is 18.5. The van der Waals surface area contributed by atoms with E-state index in [0.29, 0.717) is 6.42 Å². The van der Waals surface area contributed by atoms with E-state index >= 15 is 0 Å². The van der Waals surface area contributed by atoms with Gasteiger partial charge in [0.05, 0.1) is 10.4 Å². The van der Waals surface area contributed by atoms with E-state index in [0.717, 1.165) is 18.4 Å². The highest BCUT2D eigenvalue weighted by molar-refractivity contribution is 6.32. The van der Waals surface area contributed by atoms with Gasteiger partial charge in [-0.2, -0.15) is 0 Å². The Morgan fingerprint density at radius 1 is 1.47 bits per heavy atom. The third-order valence-corrected chi connectivity index (χ3v) is 3.16. The van der Waals surface area contributed by atoms with Gasteiger partial charge < -0.3 is 10.2 Å². The second kappa shape index (κ2) is 3.42. The van der Waals surface area contributed by atoms with Crippen LogP contribution < -0.4 is 0 Å². The van der Waals surface area contributed by atoms with Crippen molar-refractivity contribution in [2.45, 2.75) is 19.3 Å². The van der Waals surface area contributed by atoms with E-state index in [4.69, 9.17) is 16.7 Å². The summed E-state index contributed by atoms with van der Waals surface area (Å²) in [6.45, 7) is 0. The summed E-state index contributed by atoms with van der Waals surface area (Å²) in [4.78, 5) is 11.0. The number of hydrogen-bond acceptors (Lipinski definition) is 2. The lowest BCUT2D eigenvalue weighted by molar-refractivity contribution is -0.143. The van der Waals surface area contributed by atoms with Crippen LogP contribution in [0, 0.1) is 5.41 Å². The Labute approximate surface area is 92.3 Å². The first-order valence-corrected chi connectivity index (χ1v) is 5.12. The lowest BCUT2D eigenvalue weighted by Gasteiger charge is -2.09. The Balaban J connectivity index is 2.18. The molecule has 1 aromatic rings. The van der Waals surface area contributed by atoms with E-state index in [1.807, 2.05) is 0 Å². The zero-order valence-corrected chi connectivity index (χ0v) is 8.79. The largest absolute Gasteiger partial charge is 0.506 e. The zero-order chi connectivity index (χ0) is 11.1. The molecule has 0 atom stereocenters. The van der Waals surface area contributed by atoms with E-state index in [1.54, 1.807) is 12.1 Å². The molecule has 1 aromatic carbocycles. The number of aromatic hydroxyl groups is 1. The number of carboxylic acids is 1. The Kier molecular flexibility index (Phi) is 2.35. The zero-order valence-electron chi connectivity index (χ0n) is 8.03. The molecule has 80 valence electrons. The van der Waals surface area contributed by atoms with E-state index in [-0.39, 0.29) is 10.8 Å². The molecule has 0 aliphatic heterocycles. The Bertz CT molecular complexity index is 410. The van der Waals surface area contributed by atoms with E-state index < -0.39 is 11.4 Å². The van der Waals surface area contributed by atoms with Crippen LogP contribution in [0.15, 0.2) is 18.2 Å². The van der Waals surface area contributed by atoms with Crippen LogP contribution >= 0.6 is 11.6 Å². The molecule has 0 spiro atoms. The fourth-order valence-electron chi connectivity index (χ4n) is 1.67. The van der Waals surface area contributed by atoms with Gasteiger partial charge in [0, 0.05) is 0 Å². The monoisotopic (exact) mass is 226 g/mol. The van der Waals surface area contributed by atoms with Gasteiger partial charge in [-0.25, -0.2) is 0 Å². The van der Waals surface area contributed by atoms with Crippen molar-refractivity contribution in [2.24, 2.45) is 5.41 Å². The fourth-order valence-corrected chi connectivity index (χ4v) is 1.87. The van der Waals surface area contributed by atoms with Crippen LogP contribution in [0.3, 0.4) is 0 Å². The molecule has 0 radical (unpaired) electrons. The number of phenolic OH excluding ortho intramolecular Hbond substituents is 1. The summed E-state index contributed by atoms with van der Waals surface area (Å²) in [5.74, 6) is -0.715. The molecule has 0 aromatic heterocycles. The maximum atomic E-state index is 11.0. The van der Waals surface area contributed by atoms with Gasteiger partial charge >= 0.3 is 5.97 Å². The molecule has 1 aliphatic carbocycles. The van der Waals surface area contributed by atoms with Crippen LogP contribution in [0.2, 0.25) is 5.02 Å². The van der Waals surface area contributed by atoms with Gasteiger partial charge in [0.15, 0.2) is 0 Å². The highest BCUT2D eigenvalue weighted by Gasteiger charge is 2.49. The summed E-state index contributed by atoms with van der Waals surface area (Å²) in [6, 6.07) is 4.83. The second-order valence-electron chi connectivity index (χ2n) is 4.05. The molecule has 3 nitrogen and oxygen atoms in total. The molecule has 4 heteroatoms. The van der Waals surface area contributed by atoms with Gasteiger partial charge in [-0.05, 0) is 37.0 Å². The minimum atomic E-state index is -0.744. The highest BCUT2D eigenvalue weighted by atomic mass is 35.5. The lowest BCUT2D eigenvalue weighted by atomic mass is 9.97. The number of halogens is 1. The SMILES string of the molecule is O=C(O)C1(Cc2ccc(O)c(Cl)c2)CC1. The molecule has 1 aliphatic rings. The summed E-state index contributed by atoms with van der Waals surface area (Å²) in [5.41, 5.74) is 0.276. The summed E-state index contributed by atoms with van der Waals surface area (Å²) in [7, 11) is 0. The molecule has 0 amide bonds. The van der Waals surface area contributed by atoms with Crippen molar-refractivity contribution in [3.63, 3.8) is 0 Å². The fraction of sp³-hybridized carbons (Fsp3) is 0.364. The number of phenols is 1. The first kappa shape index (κ1) is 10.3. The summed E-state index contributed by atoms with van der Waals surface area (Å²) in [6.07, 6.45) is 1.93. The van der Waals surface area contributed by atoms with Crippen LogP contribution in [0.4, 0.5) is 0 Å². The summed E-state index contributed by atoms with van der Waals surface area (Å²) < 4.78 is 0. The molecule has 2 N–H and O–H groups in total. The number of aliphatic carboxylic acids is 1. The number of carboxylic acid groups (broad SMARTS) is 1. The Hall–Kier alpha value is -1.22. The molecule has 0 bridgehead atoms. The quantitative estimate of drug-likeness (QED) is 0.833. The lowest BCUT2D eigenvalue weighted by Crippen LogP contribution is -2.17. The molecule has 15 heavy (non-hydrogen) atoms. The maximum absolute atomic E-state index is 11.0. The number of carbonyl (C=O) groups is 1. The standard InChI is InChI=1S/C11H11ClO3/c12-8-5-7(1-2-9(8)13)6-11(3-4-11)10(14)15/h1-2,5,13H,3-4,6H2,(H,14,15). The minimum absolute atomic E-state index is 0.0283. The third-order valence-electron chi connectivity index (χ3n) is 2.86. The number of rotatable bonds is 3. The number of benzene rings is 1.